The maximum atomic E-state index is 8.99. The van der Waals surface area contributed by atoms with Crippen molar-refractivity contribution in [3.8, 4) is 0 Å². The predicted octanol–water partition coefficient (Wildman–Crippen LogP) is 0.843. The third-order valence-corrected chi connectivity index (χ3v) is 2.55. The molecule has 0 spiro atoms. The molecular weight excluding hydrogens is 222 g/mol. The van der Waals surface area contributed by atoms with Gasteiger partial charge in [0.1, 0.15) is 10.8 Å². The molecule has 0 fully saturated rings. The zero-order chi connectivity index (χ0) is 12.1. The number of aryl methyl sites for hydroxylation is 1. The van der Waals surface area contributed by atoms with Crippen LogP contribution in [0.2, 0.25) is 0 Å². The first-order valence-electron chi connectivity index (χ1n) is 5.23. The minimum Gasteiger partial charge on any atom is -0.395 e. The van der Waals surface area contributed by atoms with Crippen LogP contribution in [0.15, 0.2) is 12.1 Å². The van der Waals surface area contributed by atoms with Crippen molar-refractivity contribution in [1.29, 1.82) is 0 Å². The molecule has 0 radical (unpaired) electrons. The number of rotatable bonds is 5. The van der Waals surface area contributed by atoms with E-state index < -0.39 is 0 Å². The lowest BCUT2D eigenvalue weighted by Gasteiger charge is -2.23. The second kappa shape index (κ2) is 5.77. The van der Waals surface area contributed by atoms with Crippen molar-refractivity contribution in [2.75, 3.05) is 24.6 Å². The number of pyridine rings is 1. The Labute approximate surface area is 101 Å². The minimum atomic E-state index is 0.0836. The molecule has 1 rings (SSSR count). The van der Waals surface area contributed by atoms with Gasteiger partial charge >= 0.3 is 0 Å². The lowest BCUT2D eigenvalue weighted by atomic mass is 10.2. The third-order valence-electron chi connectivity index (χ3n) is 2.33. The van der Waals surface area contributed by atoms with Crippen LogP contribution in [0.3, 0.4) is 0 Å². The smallest absolute Gasteiger partial charge is 0.139 e. The molecule has 1 aromatic rings. The summed E-state index contributed by atoms with van der Waals surface area (Å²) in [6, 6.07) is 3.75. The Kier molecular flexibility index (Phi) is 4.64. The molecule has 0 unspecified atom stereocenters. The van der Waals surface area contributed by atoms with Crippen molar-refractivity contribution >= 4 is 23.0 Å². The maximum Gasteiger partial charge on any atom is 0.139 e. The lowest BCUT2D eigenvalue weighted by molar-refractivity contribution is 0.302. The average molecular weight is 239 g/mol. The van der Waals surface area contributed by atoms with E-state index in [2.05, 4.69) is 4.98 Å². The highest BCUT2D eigenvalue weighted by Crippen LogP contribution is 2.18. The van der Waals surface area contributed by atoms with Gasteiger partial charge in [0.25, 0.3) is 0 Å². The van der Waals surface area contributed by atoms with E-state index in [1.165, 1.54) is 0 Å². The van der Waals surface area contributed by atoms with Crippen LogP contribution in [0.4, 0.5) is 5.82 Å². The van der Waals surface area contributed by atoms with Gasteiger partial charge in [0.2, 0.25) is 0 Å². The van der Waals surface area contributed by atoms with Crippen LogP contribution in [0, 0.1) is 6.92 Å². The maximum absolute atomic E-state index is 8.99. The Morgan fingerprint density at radius 3 is 2.75 bits per heavy atom. The minimum absolute atomic E-state index is 0.0836. The van der Waals surface area contributed by atoms with Gasteiger partial charge < -0.3 is 15.7 Å². The van der Waals surface area contributed by atoms with Gasteiger partial charge in [-0.3, -0.25) is 0 Å². The van der Waals surface area contributed by atoms with E-state index in [0.29, 0.717) is 11.5 Å². The monoisotopic (exact) mass is 239 g/mol. The van der Waals surface area contributed by atoms with Crippen molar-refractivity contribution in [2.24, 2.45) is 5.73 Å². The molecule has 16 heavy (non-hydrogen) atoms. The Bertz CT molecular complexity index is 381. The summed E-state index contributed by atoms with van der Waals surface area (Å²) in [6.07, 6.45) is 0. The quantitative estimate of drug-likeness (QED) is 0.746. The number of aliphatic hydroxyl groups excluding tert-OH is 1. The summed E-state index contributed by atoms with van der Waals surface area (Å²) >= 11 is 4.99. The van der Waals surface area contributed by atoms with Crippen LogP contribution in [0.5, 0.6) is 0 Å². The summed E-state index contributed by atoms with van der Waals surface area (Å²) in [5, 5.41) is 8.99. The predicted molar refractivity (Wildman–Crippen MR) is 69.8 cm³/mol. The van der Waals surface area contributed by atoms with Crippen LogP contribution in [0.25, 0.3) is 0 Å². The van der Waals surface area contributed by atoms with Crippen LogP contribution < -0.4 is 10.6 Å². The standard InChI is InChI=1S/C11H17N3OS/c1-3-14(6-7-15)11-9(10(12)16)5-4-8(2)13-11/h4-5,15H,3,6-7H2,1-2H3,(H2,12,16). The SMILES string of the molecule is CCN(CCO)c1nc(C)ccc1C(N)=S. The van der Waals surface area contributed by atoms with Crippen LogP contribution in [-0.2, 0) is 0 Å². The van der Waals surface area contributed by atoms with Crippen molar-refractivity contribution in [1.82, 2.24) is 4.98 Å². The summed E-state index contributed by atoms with van der Waals surface area (Å²) in [4.78, 5) is 6.72. The van der Waals surface area contributed by atoms with E-state index in [-0.39, 0.29) is 6.61 Å². The number of hydrogen-bond acceptors (Lipinski definition) is 4. The summed E-state index contributed by atoms with van der Waals surface area (Å²) in [6.45, 7) is 5.29. The number of likely N-dealkylation sites (N-methyl/N-ethyl adjacent to an activating group) is 1. The van der Waals surface area contributed by atoms with Gasteiger partial charge in [0, 0.05) is 18.8 Å². The summed E-state index contributed by atoms with van der Waals surface area (Å²) < 4.78 is 0. The highest BCUT2D eigenvalue weighted by molar-refractivity contribution is 7.80. The van der Waals surface area contributed by atoms with E-state index in [1.54, 1.807) is 0 Å². The Morgan fingerprint density at radius 1 is 1.56 bits per heavy atom. The van der Waals surface area contributed by atoms with Crippen molar-refractivity contribution in [2.45, 2.75) is 13.8 Å². The largest absolute Gasteiger partial charge is 0.395 e. The summed E-state index contributed by atoms with van der Waals surface area (Å²) in [7, 11) is 0. The molecule has 0 bridgehead atoms. The molecule has 0 saturated carbocycles. The molecule has 1 heterocycles. The molecule has 0 saturated heterocycles. The zero-order valence-corrected chi connectivity index (χ0v) is 10.4. The van der Waals surface area contributed by atoms with E-state index >= 15 is 0 Å². The third kappa shape index (κ3) is 2.90. The van der Waals surface area contributed by atoms with Gasteiger partial charge in [-0.1, -0.05) is 12.2 Å². The fourth-order valence-electron chi connectivity index (χ4n) is 1.51. The number of thiocarbonyl (C=S) groups is 1. The summed E-state index contributed by atoms with van der Waals surface area (Å²) in [5.41, 5.74) is 7.32. The number of nitrogens with zero attached hydrogens (tertiary/aromatic N) is 2. The fraction of sp³-hybridized carbons (Fsp3) is 0.455. The molecule has 0 atom stereocenters. The average Bonchev–Trinajstić information content (AvgIpc) is 2.25. The van der Waals surface area contributed by atoms with Gasteiger partial charge in [-0.15, -0.1) is 0 Å². The molecule has 0 aliphatic heterocycles. The Balaban J connectivity index is 3.16. The first-order chi connectivity index (χ1) is 7.60. The van der Waals surface area contributed by atoms with E-state index in [1.807, 2.05) is 30.9 Å². The highest BCUT2D eigenvalue weighted by atomic mass is 32.1. The van der Waals surface area contributed by atoms with Crippen LogP contribution >= 0.6 is 12.2 Å². The number of anilines is 1. The van der Waals surface area contributed by atoms with Gasteiger partial charge in [0.05, 0.1) is 12.2 Å². The molecular formula is C11H17N3OS. The molecule has 5 heteroatoms. The highest BCUT2D eigenvalue weighted by Gasteiger charge is 2.13. The van der Waals surface area contributed by atoms with E-state index in [0.717, 1.165) is 23.6 Å². The van der Waals surface area contributed by atoms with Gasteiger partial charge in [-0.25, -0.2) is 4.98 Å². The van der Waals surface area contributed by atoms with E-state index in [9.17, 15) is 0 Å². The van der Waals surface area contributed by atoms with Crippen molar-refractivity contribution in [3.63, 3.8) is 0 Å². The Hall–Kier alpha value is -1.20. The van der Waals surface area contributed by atoms with Crippen molar-refractivity contribution < 1.29 is 5.11 Å². The van der Waals surface area contributed by atoms with E-state index in [4.69, 9.17) is 23.1 Å². The molecule has 0 aromatic carbocycles. The van der Waals surface area contributed by atoms with Gasteiger partial charge in [-0.2, -0.15) is 0 Å². The summed E-state index contributed by atoms with van der Waals surface area (Å²) in [5.74, 6) is 0.754. The molecule has 0 aliphatic rings. The lowest BCUT2D eigenvalue weighted by Crippen LogP contribution is -2.30. The van der Waals surface area contributed by atoms with Gasteiger partial charge in [0.15, 0.2) is 0 Å². The molecule has 1 aromatic heterocycles. The Morgan fingerprint density at radius 2 is 2.25 bits per heavy atom. The van der Waals surface area contributed by atoms with Crippen LogP contribution in [-0.4, -0.2) is 34.8 Å². The number of aromatic nitrogens is 1. The van der Waals surface area contributed by atoms with Crippen LogP contribution in [0.1, 0.15) is 18.2 Å². The first-order valence-corrected chi connectivity index (χ1v) is 5.64. The number of hydrogen-bond donors (Lipinski definition) is 2. The number of nitrogens with two attached hydrogens (primary N) is 1. The fourth-order valence-corrected chi connectivity index (χ4v) is 1.67. The molecule has 0 aliphatic carbocycles. The molecule has 3 N–H and O–H groups in total. The second-order valence-electron chi connectivity index (χ2n) is 3.49. The normalized spacial score (nSPS) is 10.2. The van der Waals surface area contributed by atoms with Crippen molar-refractivity contribution in [3.05, 3.63) is 23.4 Å². The topological polar surface area (TPSA) is 62.4 Å². The second-order valence-corrected chi connectivity index (χ2v) is 3.93. The molecule has 4 nitrogen and oxygen atoms in total. The number of aliphatic hydroxyl groups is 1. The van der Waals surface area contributed by atoms with Gasteiger partial charge in [-0.05, 0) is 26.0 Å². The zero-order valence-electron chi connectivity index (χ0n) is 9.60. The molecule has 0 amide bonds. The molecule has 88 valence electrons. The first kappa shape index (κ1) is 12.9.